The summed E-state index contributed by atoms with van der Waals surface area (Å²) in [5.41, 5.74) is 14.7. The zero-order valence-electron chi connectivity index (χ0n) is 37.2. The van der Waals surface area contributed by atoms with Crippen LogP contribution >= 0.6 is 11.3 Å². The fourth-order valence-corrected chi connectivity index (χ4v) is 11.5. The van der Waals surface area contributed by atoms with Gasteiger partial charge in [-0.05, 0) is 101 Å². The third-order valence-corrected chi connectivity index (χ3v) is 14.7. The lowest BCUT2D eigenvalue weighted by Gasteiger charge is -2.09. The molecule has 14 aromatic rings. The zero-order valence-corrected chi connectivity index (χ0v) is 38.0. The molecule has 69 heavy (non-hydrogen) atoms. The normalized spacial score (nSPS) is 11.8. The van der Waals surface area contributed by atoms with Crippen LogP contribution in [0.1, 0.15) is 0 Å². The van der Waals surface area contributed by atoms with Crippen LogP contribution in [-0.4, -0.2) is 24.1 Å². The fourth-order valence-electron chi connectivity index (χ4n) is 10.3. The van der Waals surface area contributed by atoms with Gasteiger partial charge in [-0.2, -0.15) is 0 Å². The van der Waals surface area contributed by atoms with Crippen molar-refractivity contribution in [2.24, 2.45) is 0 Å². The lowest BCUT2D eigenvalue weighted by molar-refractivity contribution is 1.07. The molecule has 4 heterocycles. The molecular formula is C63H39N5S. The molecule has 0 amide bonds. The largest absolute Gasteiger partial charge is 0.309 e. The second-order valence-electron chi connectivity index (χ2n) is 17.6. The second-order valence-corrected chi connectivity index (χ2v) is 18.7. The maximum atomic E-state index is 5.02. The van der Waals surface area contributed by atoms with E-state index in [1.807, 2.05) is 72.0 Å². The lowest BCUT2D eigenvalue weighted by atomic mass is 9.99. The van der Waals surface area contributed by atoms with Crippen LogP contribution in [0.4, 0.5) is 0 Å². The quantitative estimate of drug-likeness (QED) is 0.160. The van der Waals surface area contributed by atoms with E-state index in [1.165, 1.54) is 86.0 Å². The highest BCUT2D eigenvalue weighted by Gasteiger charge is 2.19. The summed E-state index contributed by atoms with van der Waals surface area (Å²) in [5.74, 6) is 1.97. The summed E-state index contributed by atoms with van der Waals surface area (Å²) in [6.45, 7) is 0. The van der Waals surface area contributed by atoms with Crippen LogP contribution in [0, 0.1) is 0 Å². The molecule has 0 radical (unpaired) electrons. The van der Waals surface area contributed by atoms with E-state index in [1.54, 1.807) is 0 Å². The van der Waals surface area contributed by atoms with Crippen LogP contribution in [0.15, 0.2) is 237 Å². The minimum absolute atomic E-state index is 0.657. The number of hydrogen-bond acceptors (Lipinski definition) is 4. The van der Waals surface area contributed by atoms with E-state index in [0.717, 1.165) is 28.1 Å². The van der Waals surface area contributed by atoms with Gasteiger partial charge < -0.3 is 9.13 Å². The monoisotopic (exact) mass is 897 g/mol. The van der Waals surface area contributed by atoms with Crippen molar-refractivity contribution in [3.63, 3.8) is 0 Å². The molecule has 0 aliphatic heterocycles. The van der Waals surface area contributed by atoms with Gasteiger partial charge in [-0.3, -0.25) is 0 Å². The van der Waals surface area contributed by atoms with Gasteiger partial charge >= 0.3 is 0 Å². The van der Waals surface area contributed by atoms with E-state index in [2.05, 4.69) is 185 Å². The topological polar surface area (TPSA) is 48.5 Å². The molecule has 6 heteroatoms. The molecule has 10 aromatic carbocycles. The van der Waals surface area contributed by atoms with Crippen LogP contribution in [0.3, 0.4) is 0 Å². The van der Waals surface area contributed by atoms with E-state index >= 15 is 0 Å². The highest BCUT2D eigenvalue weighted by atomic mass is 32.1. The van der Waals surface area contributed by atoms with Gasteiger partial charge in [0.05, 0.1) is 22.1 Å². The molecule has 0 fully saturated rings. The summed E-state index contributed by atoms with van der Waals surface area (Å²) in [6, 6.07) is 84.8. The van der Waals surface area contributed by atoms with Gasteiger partial charge in [-0.1, -0.05) is 158 Å². The average Bonchev–Trinajstić information content (AvgIpc) is 4.08. The smallest absolute Gasteiger partial charge is 0.164 e. The van der Waals surface area contributed by atoms with Gasteiger partial charge in [0.1, 0.15) is 0 Å². The summed E-state index contributed by atoms with van der Waals surface area (Å²) in [7, 11) is 0. The van der Waals surface area contributed by atoms with Crippen LogP contribution in [0.25, 0.3) is 132 Å². The maximum Gasteiger partial charge on any atom is 0.164 e. The molecule has 322 valence electrons. The molecule has 0 N–H and O–H groups in total. The molecule has 0 saturated carbocycles. The first kappa shape index (κ1) is 39.2. The van der Waals surface area contributed by atoms with Crippen molar-refractivity contribution in [1.82, 2.24) is 24.1 Å². The Hall–Kier alpha value is -8.97. The standard InChI is InChI=1S/C63H39N5S/c1-5-15-40(16-6-1)61-64-62(41-17-7-2-8-18-41)66-63(65-61)46-26-31-51-50-30-25-45(38-59(50)69-60(51)39-46)44-29-34-58-54(37-44)53-36-43(28-33-57(53)68(58)48-21-11-4-12-22-48)42-27-32-56-52(35-42)49-23-13-14-24-55(49)67(56)47-19-9-3-10-20-47/h1-39H. The van der Waals surface area contributed by atoms with Gasteiger partial charge in [-0.15, -0.1) is 11.3 Å². The third-order valence-electron chi connectivity index (χ3n) is 13.6. The van der Waals surface area contributed by atoms with Gasteiger partial charge in [0.25, 0.3) is 0 Å². The van der Waals surface area contributed by atoms with Crippen LogP contribution in [0.2, 0.25) is 0 Å². The molecule has 5 nitrogen and oxygen atoms in total. The highest BCUT2D eigenvalue weighted by molar-refractivity contribution is 7.25. The van der Waals surface area contributed by atoms with Crippen molar-refractivity contribution in [2.45, 2.75) is 0 Å². The predicted octanol–water partition coefficient (Wildman–Crippen LogP) is 16.8. The van der Waals surface area contributed by atoms with E-state index in [0.29, 0.717) is 17.5 Å². The van der Waals surface area contributed by atoms with E-state index in [-0.39, 0.29) is 0 Å². The Morgan fingerprint density at radius 1 is 0.246 bits per heavy atom. The molecule has 14 rings (SSSR count). The van der Waals surface area contributed by atoms with E-state index < -0.39 is 0 Å². The first-order valence-electron chi connectivity index (χ1n) is 23.3. The van der Waals surface area contributed by atoms with Crippen LogP contribution < -0.4 is 0 Å². The van der Waals surface area contributed by atoms with Crippen molar-refractivity contribution in [3.8, 4) is 67.8 Å². The molecule has 0 bridgehead atoms. The number of nitrogens with zero attached hydrogens (tertiary/aromatic N) is 5. The highest BCUT2D eigenvalue weighted by Crippen LogP contribution is 2.42. The van der Waals surface area contributed by atoms with E-state index in [9.17, 15) is 0 Å². The number of benzene rings is 10. The molecule has 0 spiro atoms. The molecule has 0 aliphatic rings. The summed E-state index contributed by atoms with van der Waals surface area (Å²) in [5, 5.41) is 7.40. The Balaban J connectivity index is 0.878. The van der Waals surface area contributed by atoms with Crippen LogP contribution in [-0.2, 0) is 0 Å². The first-order chi connectivity index (χ1) is 34.2. The average molecular weight is 898 g/mol. The molecule has 0 atom stereocenters. The number of rotatable bonds is 7. The Bertz CT molecular complexity index is 4230. The summed E-state index contributed by atoms with van der Waals surface area (Å²) >= 11 is 1.81. The van der Waals surface area contributed by atoms with Gasteiger partial charge in [-0.25, -0.2) is 15.0 Å². The fraction of sp³-hybridized carbons (Fsp3) is 0. The SMILES string of the molecule is c1ccc(-c2nc(-c3ccccc3)nc(-c3ccc4c(c3)sc3cc(-c5ccc6c(c5)c5cc(-c7ccc8c(c7)c7ccccc7n8-c7ccccc7)ccc5n6-c5ccccc5)ccc34)n2)cc1. The minimum Gasteiger partial charge on any atom is -0.309 e. The summed E-state index contributed by atoms with van der Waals surface area (Å²) < 4.78 is 7.21. The van der Waals surface area contributed by atoms with Crippen molar-refractivity contribution in [2.75, 3.05) is 0 Å². The number of hydrogen-bond donors (Lipinski definition) is 0. The minimum atomic E-state index is 0.657. The number of aromatic nitrogens is 5. The van der Waals surface area contributed by atoms with Crippen LogP contribution in [0.5, 0.6) is 0 Å². The Kier molecular flexibility index (Phi) is 9.00. The van der Waals surface area contributed by atoms with Gasteiger partial charge in [0.2, 0.25) is 0 Å². The molecular weight excluding hydrogens is 859 g/mol. The molecule has 4 aromatic heterocycles. The zero-order chi connectivity index (χ0) is 45.4. The Morgan fingerprint density at radius 3 is 1.09 bits per heavy atom. The molecule has 0 saturated heterocycles. The Labute approximate surface area is 401 Å². The maximum absolute atomic E-state index is 5.02. The molecule has 0 unspecified atom stereocenters. The number of para-hydroxylation sites is 3. The third kappa shape index (κ3) is 6.56. The number of fused-ring (bicyclic) bond motifs is 9. The second kappa shape index (κ2) is 15.8. The van der Waals surface area contributed by atoms with Crippen molar-refractivity contribution < 1.29 is 0 Å². The van der Waals surface area contributed by atoms with Gasteiger partial charge in [0, 0.05) is 69.8 Å². The van der Waals surface area contributed by atoms with Gasteiger partial charge in [0.15, 0.2) is 17.5 Å². The number of thiophene rings is 1. The van der Waals surface area contributed by atoms with Crippen molar-refractivity contribution in [3.05, 3.63) is 237 Å². The first-order valence-corrected chi connectivity index (χ1v) is 24.1. The molecule has 0 aliphatic carbocycles. The lowest BCUT2D eigenvalue weighted by Crippen LogP contribution is -1.99. The predicted molar refractivity (Wildman–Crippen MR) is 289 cm³/mol. The van der Waals surface area contributed by atoms with E-state index in [4.69, 9.17) is 15.0 Å². The summed E-state index contributed by atoms with van der Waals surface area (Å²) in [6.07, 6.45) is 0. The summed E-state index contributed by atoms with van der Waals surface area (Å²) in [4.78, 5) is 14.9. The van der Waals surface area contributed by atoms with Crippen molar-refractivity contribution >= 4 is 75.1 Å². The van der Waals surface area contributed by atoms with Crippen molar-refractivity contribution in [1.29, 1.82) is 0 Å². The Morgan fingerprint density at radius 2 is 0.594 bits per heavy atom.